The molecule has 0 spiro atoms. The molecule has 1 saturated carbocycles. The molecule has 1 aliphatic rings. The molecule has 2 heteroatoms. The number of benzene rings is 1. The van der Waals surface area contributed by atoms with Crippen LogP contribution in [0.15, 0.2) is 18.2 Å². The molecule has 2 nitrogen and oxygen atoms in total. The van der Waals surface area contributed by atoms with Gasteiger partial charge in [0.2, 0.25) is 0 Å². The van der Waals surface area contributed by atoms with E-state index in [1.54, 1.807) is 7.11 Å². The maximum atomic E-state index is 5.54. The number of ether oxygens (including phenoxy) is 2. The summed E-state index contributed by atoms with van der Waals surface area (Å²) in [5, 5.41) is 0. The van der Waals surface area contributed by atoms with Crippen molar-refractivity contribution < 1.29 is 9.47 Å². The van der Waals surface area contributed by atoms with Crippen LogP contribution in [0.25, 0.3) is 0 Å². The van der Waals surface area contributed by atoms with Gasteiger partial charge < -0.3 is 9.47 Å². The monoisotopic (exact) mass is 163 g/mol. The Hall–Kier alpha value is -1.18. The van der Waals surface area contributed by atoms with Crippen LogP contribution in [-0.4, -0.2) is 13.2 Å². The Labute approximate surface area is 72.1 Å². The number of hydrogen-bond donors (Lipinski definition) is 0. The molecule has 0 heterocycles. The fraction of sp³-hybridized carbons (Fsp3) is 0.400. The molecule has 0 bridgehead atoms. The van der Waals surface area contributed by atoms with Crippen LogP contribution in [-0.2, 0) is 0 Å². The fourth-order valence-corrected chi connectivity index (χ4v) is 0.975. The molecule has 0 aromatic heterocycles. The Kier molecular flexibility index (Phi) is 1.90. The van der Waals surface area contributed by atoms with E-state index in [2.05, 4.69) is 6.07 Å². The molecule has 2 rings (SSSR count). The minimum absolute atomic E-state index is 0.451. The smallest absolute Gasteiger partial charge is 0.127 e. The topological polar surface area (TPSA) is 18.5 Å². The fourth-order valence-electron chi connectivity index (χ4n) is 0.975. The highest BCUT2D eigenvalue weighted by atomic mass is 16.5. The summed E-state index contributed by atoms with van der Waals surface area (Å²) in [7, 11) is 1.63. The maximum Gasteiger partial charge on any atom is 0.127 e. The van der Waals surface area contributed by atoms with Crippen molar-refractivity contribution in [1.82, 2.24) is 0 Å². The lowest BCUT2D eigenvalue weighted by molar-refractivity contribution is 0.302. The summed E-state index contributed by atoms with van der Waals surface area (Å²) < 4.78 is 10.5. The first kappa shape index (κ1) is 7.47. The standard InChI is InChI=1S/C10H11O2/c1-11-8-2-4-9(5-3-8)12-10-6-7-10/h2,4-5,10H,6-7H2,1H3. The molecule has 63 valence electrons. The lowest BCUT2D eigenvalue weighted by atomic mass is 10.3. The third-order valence-corrected chi connectivity index (χ3v) is 1.80. The summed E-state index contributed by atoms with van der Waals surface area (Å²) in [6.07, 6.45) is 2.82. The van der Waals surface area contributed by atoms with Gasteiger partial charge in [-0.1, -0.05) is 0 Å². The number of hydrogen-bond acceptors (Lipinski definition) is 2. The van der Waals surface area contributed by atoms with Gasteiger partial charge in [0.15, 0.2) is 0 Å². The van der Waals surface area contributed by atoms with Crippen LogP contribution < -0.4 is 9.47 Å². The van der Waals surface area contributed by atoms with Crippen molar-refractivity contribution in [3.8, 4) is 11.5 Å². The molecule has 1 aliphatic carbocycles. The normalized spacial score (nSPS) is 15.8. The third kappa shape index (κ3) is 1.70. The zero-order chi connectivity index (χ0) is 8.39. The van der Waals surface area contributed by atoms with Gasteiger partial charge in [0.1, 0.15) is 11.5 Å². The highest BCUT2D eigenvalue weighted by molar-refractivity contribution is 5.30. The van der Waals surface area contributed by atoms with Crippen molar-refractivity contribution in [2.24, 2.45) is 0 Å². The van der Waals surface area contributed by atoms with Crippen molar-refractivity contribution >= 4 is 0 Å². The average molecular weight is 163 g/mol. The van der Waals surface area contributed by atoms with Crippen molar-refractivity contribution in [2.75, 3.05) is 7.11 Å². The molecular weight excluding hydrogens is 152 g/mol. The summed E-state index contributed by atoms with van der Waals surface area (Å²) in [6, 6.07) is 8.56. The lowest BCUT2D eigenvalue weighted by Crippen LogP contribution is -1.95. The van der Waals surface area contributed by atoms with E-state index in [1.165, 1.54) is 12.8 Å². The van der Waals surface area contributed by atoms with E-state index in [9.17, 15) is 0 Å². The van der Waals surface area contributed by atoms with Gasteiger partial charge in [-0.2, -0.15) is 0 Å². The zero-order valence-electron chi connectivity index (χ0n) is 7.04. The van der Waals surface area contributed by atoms with Crippen LogP contribution in [0.3, 0.4) is 0 Å². The van der Waals surface area contributed by atoms with E-state index < -0.39 is 0 Å². The number of methoxy groups -OCH3 is 1. The molecule has 0 saturated heterocycles. The van der Waals surface area contributed by atoms with Gasteiger partial charge in [0.05, 0.1) is 13.2 Å². The van der Waals surface area contributed by atoms with Crippen LogP contribution in [0.4, 0.5) is 0 Å². The van der Waals surface area contributed by atoms with Gasteiger partial charge in [-0.3, -0.25) is 0 Å². The molecule has 1 radical (unpaired) electrons. The summed E-state index contributed by atoms with van der Waals surface area (Å²) >= 11 is 0. The summed E-state index contributed by atoms with van der Waals surface area (Å²) in [4.78, 5) is 0. The van der Waals surface area contributed by atoms with Crippen LogP contribution in [0.1, 0.15) is 12.8 Å². The summed E-state index contributed by atoms with van der Waals surface area (Å²) in [5.74, 6) is 1.64. The predicted molar refractivity (Wildman–Crippen MR) is 45.5 cm³/mol. The molecule has 1 aromatic carbocycles. The Bertz CT molecular complexity index is 249. The summed E-state index contributed by atoms with van der Waals surface area (Å²) in [5.41, 5.74) is 0. The Morgan fingerprint density at radius 3 is 2.75 bits per heavy atom. The van der Waals surface area contributed by atoms with E-state index in [-0.39, 0.29) is 0 Å². The molecule has 0 amide bonds. The van der Waals surface area contributed by atoms with E-state index in [4.69, 9.17) is 9.47 Å². The lowest BCUT2D eigenvalue weighted by Gasteiger charge is -2.04. The van der Waals surface area contributed by atoms with E-state index in [0.717, 1.165) is 11.5 Å². The van der Waals surface area contributed by atoms with E-state index >= 15 is 0 Å². The Balaban J connectivity index is 2.02. The number of rotatable bonds is 3. The van der Waals surface area contributed by atoms with Crippen molar-refractivity contribution in [1.29, 1.82) is 0 Å². The molecule has 1 aromatic rings. The molecular formula is C10H11O2. The first-order valence-electron chi connectivity index (χ1n) is 4.11. The van der Waals surface area contributed by atoms with Gasteiger partial charge in [0.25, 0.3) is 0 Å². The zero-order valence-corrected chi connectivity index (χ0v) is 7.04. The van der Waals surface area contributed by atoms with Gasteiger partial charge in [-0.25, -0.2) is 0 Å². The first-order valence-corrected chi connectivity index (χ1v) is 4.11. The average Bonchev–Trinajstić information content (AvgIpc) is 2.90. The molecule has 0 aliphatic heterocycles. The van der Waals surface area contributed by atoms with Crippen LogP contribution >= 0.6 is 0 Å². The van der Waals surface area contributed by atoms with Crippen LogP contribution in [0.2, 0.25) is 0 Å². The first-order chi connectivity index (χ1) is 5.88. The highest BCUT2D eigenvalue weighted by Crippen LogP contribution is 2.27. The van der Waals surface area contributed by atoms with Gasteiger partial charge >= 0.3 is 0 Å². The second-order valence-electron chi connectivity index (χ2n) is 2.91. The summed E-state index contributed by atoms with van der Waals surface area (Å²) in [6.45, 7) is 0. The minimum Gasteiger partial charge on any atom is -0.496 e. The molecule has 12 heavy (non-hydrogen) atoms. The molecule has 0 unspecified atom stereocenters. The predicted octanol–water partition coefficient (Wildman–Crippen LogP) is 2.04. The van der Waals surface area contributed by atoms with Gasteiger partial charge in [-0.15, -0.1) is 0 Å². The minimum atomic E-state index is 0.451. The maximum absolute atomic E-state index is 5.54. The van der Waals surface area contributed by atoms with Crippen molar-refractivity contribution in [3.63, 3.8) is 0 Å². The van der Waals surface area contributed by atoms with Gasteiger partial charge in [0, 0.05) is 6.07 Å². The van der Waals surface area contributed by atoms with Crippen molar-refractivity contribution in [3.05, 3.63) is 24.3 Å². The Morgan fingerprint density at radius 2 is 2.25 bits per heavy atom. The van der Waals surface area contributed by atoms with Crippen LogP contribution in [0.5, 0.6) is 11.5 Å². The highest BCUT2D eigenvalue weighted by Gasteiger charge is 2.23. The molecule has 0 atom stereocenters. The molecule has 0 N–H and O–H groups in total. The van der Waals surface area contributed by atoms with Crippen molar-refractivity contribution in [2.45, 2.75) is 18.9 Å². The Morgan fingerprint density at radius 1 is 1.42 bits per heavy atom. The van der Waals surface area contributed by atoms with E-state index in [1.807, 2.05) is 18.2 Å². The molecule has 1 fully saturated rings. The third-order valence-electron chi connectivity index (χ3n) is 1.80. The second-order valence-corrected chi connectivity index (χ2v) is 2.91. The van der Waals surface area contributed by atoms with E-state index in [0.29, 0.717) is 6.10 Å². The SMILES string of the molecule is COc1[c]cc(OC2CC2)cc1. The quantitative estimate of drug-likeness (QED) is 0.678. The second kappa shape index (κ2) is 3.05. The largest absolute Gasteiger partial charge is 0.496 e. The van der Waals surface area contributed by atoms with Crippen LogP contribution in [0, 0.1) is 6.07 Å². The van der Waals surface area contributed by atoms with Gasteiger partial charge in [-0.05, 0) is 31.0 Å².